The number of carbonyl (C=O) groups is 3. The van der Waals surface area contributed by atoms with E-state index in [1.807, 2.05) is 92.7 Å². The molecule has 8 rings (SSSR count). The number of ether oxygens (including phenoxy) is 5. The molecular formula is C68H125N12NaO28S6. The number of carbonyl (C=O) groups excluding carboxylic acids is 3. The molecule has 4 fully saturated rings. The molecule has 0 bridgehead atoms. The van der Waals surface area contributed by atoms with Crippen molar-refractivity contribution in [1.29, 1.82) is 0 Å². The molecule has 662 valence electrons. The Morgan fingerprint density at radius 2 is 0.974 bits per heavy atom. The Morgan fingerprint density at radius 3 is 1.28 bits per heavy atom. The molecule has 17 N–H and O–H groups in total. The van der Waals surface area contributed by atoms with Crippen molar-refractivity contribution in [3.8, 4) is 11.5 Å². The number of likely N-dealkylation sites (N-methyl/N-ethyl adjacent to an activating group) is 1. The number of imide groups is 1. The average Bonchev–Trinajstić information content (AvgIpc) is 1.49. The number of morpholine rings is 3. The first-order valence-electron chi connectivity index (χ1n) is 34.9. The monoisotopic (exact) mass is 1770 g/mol. The van der Waals surface area contributed by atoms with Crippen molar-refractivity contribution in [3.05, 3.63) is 114 Å². The topological polar surface area (TPSA) is 651 Å². The normalized spacial score (nSPS) is 13.6. The molecule has 0 aliphatic carbocycles. The summed E-state index contributed by atoms with van der Waals surface area (Å²) >= 11 is 0. The number of para-hydroxylation sites is 3. The van der Waals surface area contributed by atoms with E-state index >= 15 is 0 Å². The van der Waals surface area contributed by atoms with Crippen LogP contribution in [0.4, 0.5) is 17.1 Å². The van der Waals surface area contributed by atoms with Gasteiger partial charge in [0.05, 0.1) is 143 Å². The molecule has 4 aliphatic rings. The van der Waals surface area contributed by atoms with Gasteiger partial charge < -0.3 is 76.9 Å². The number of nitrogens with one attached hydrogen (secondary N) is 4. The Hall–Kier alpha value is -6.43. The van der Waals surface area contributed by atoms with Gasteiger partial charge in [0.1, 0.15) is 42.5 Å². The zero-order chi connectivity index (χ0) is 89.0. The number of guanidine groups is 2. The number of amides is 3. The van der Waals surface area contributed by atoms with E-state index in [2.05, 4.69) is 56.0 Å². The van der Waals surface area contributed by atoms with Crippen LogP contribution in [0.25, 0.3) is 0 Å². The molecule has 3 amide bonds. The van der Waals surface area contributed by atoms with Gasteiger partial charge in [0, 0.05) is 90.0 Å². The number of hydrogen-bond acceptors (Lipinski definition) is 29. The fraction of sp³-hybridized carbons (Fsp3) is 0.574. The summed E-state index contributed by atoms with van der Waals surface area (Å²) in [5.74, 6) is 2.23. The first-order valence-corrected chi connectivity index (χ1v) is 45.9. The Kier molecular flexibility index (Phi) is 77.1. The number of aryl methyl sites for hydroxylation is 2. The van der Waals surface area contributed by atoms with Crippen molar-refractivity contribution >= 4 is 107 Å². The molecule has 0 atom stereocenters. The van der Waals surface area contributed by atoms with Crippen molar-refractivity contribution in [1.82, 2.24) is 14.7 Å². The average molecular weight is 1770 g/mol. The van der Waals surface area contributed by atoms with E-state index in [1.54, 1.807) is 43.2 Å². The summed E-state index contributed by atoms with van der Waals surface area (Å²) in [5, 5.41) is 35.5. The van der Waals surface area contributed by atoms with Gasteiger partial charge in [-0.2, -0.15) is 0 Å². The molecule has 47 heteroatoms. The van der Waals surface area contributed by atoms with Gasteiger partial charge in [-0.1, -0.05) is 81.3 Å². The van der Waals surface area contributed by atoms with Crippen molar-refractivity contribution in [2.75, 3.05) is 193 Å². The Morgan fingerprint density at radius 1 is 0.583 bits per heavy atom. The standard InChI is InChI=1S/C15H17N3.C12H18O2.C7H9NO2S.C6H15NO3.C6H11NO2.C6H9NO2.C6H13NO.C4H9NO.CH5N3.5CH4O3S.Na/c1-11-7-3-5-9-13(11)17-15(16)18-14-10-6-4-8-12(14)2;1-3-4-5-10-14-12-8-6-11(13-2)7-9-12;1-11(9,10)8-7-5-3-2-4-6-7;8-4-1-7(2-5-9)3-6-10;1-6(8)7-2-4-9-5-3-7;1-5(8)7-4-2-3-6(7)9;1-2-7-3-5-8-6-4-7;1-3-6-4-2-5-1;2-1(3)4;5*1-5(2,3)4;/h3-10H,1-2H3,(H3,16,17,18);6-9H,3-5,10H2,1-2H3;2-6,8H,1H3;8-10H,1-6H2;2-5H2,1H3;2-4H2,1H3;2-6H2,1H3;5H,1-4H2;(H5,2,3,4);5*1H3,(H,2,3,4);/q;;;;;;;;;;;;;;+1/p-1. The molecule has 0 saturated carbocycles. The van der Waals surface area contributed by atoms with Gasteiger partial charge in [-0.25, -0.2) is 60.8 Å². The van der Waals surface area contributed by atoms with Gasteiger partial charge in [-0.05, 0) is 92.9 Å². The summed E-state index contributed by atoms with van der Waals surface area (Å²) in [6.45, 7) is 27.4. The number of aliphatic hydroxyl groups excluding tert-OH is 3. The third-order valence-corrected chi connectivity index (χ3v) is 13.4. The number of sulfonamides is 1. The number of nitrogens with two attached hydrogens (primary N) is 5. The number of likely N-dealkylation sites (tertiary alicyclic amines) is 1. The summed E-state index contributed by atoms with van der Waals surface area (Å²) in [6.07, 6.45) is 9.11. The number of methoxy groups -OCH3 is 1. The maximum Gasteiger partial charge on any atom is 1.00 e. The van der Waals surface area contributed by atoms with E-state index in [0.29, 0.717) is 88.7 Å². The molecule has 4 saturated heterocycles. The fourth-order valence-electron chi connectivity index (χ4n) is 7.89. The molecule has 4 aromatic carbocycles. The second kappa shape index (κ2) is 72.8. The maximum atomic E-state index is 10.7. The Bertz CT molecular complexity index is 3670. The number of rotatable bonds is 17. The molecular weight excluding hydrogens is 1650 g/mol. The molecule has 115 heavy (non-hydrogen) atoms. The van der Waals surface area contributed by atoms with Crippen LogP contribution in [0.1, 0.15) is 70.9 Å². The van der Waals surface area contributed by atoms with Gasteiger partial charge in [0.2, 0.25) is 27.7 Å². The minimum Gasteiger partial charge on any atom is -0.748 e. The van der Waals surface area contributed by atoms with Crippen molar-refractivity contribution in [2.45, 2.75) is 73.6 Å². The molecule has 0 radical (unpaired) electrons. The molecule has 0 unspecified atom stereocenters. The number of unbranched alkanes of at least 4 members (excludes halogenated alkanes) is 2. The van der Waals surface area contributed by atoms with Crippen LogP contribution in [0.5, 0.6) is 11.5 Å². The van der Waals surface area contributed by atoms with Crippen molar-refractivity contribution < 1.29 is 177 Å². The van der Waals surface area contributed by atoms with Crippen LogP contribution < -0.4 is 86.9 Å². The predicted octanol–water partition coefficient (Wildman–Crippen LogP) is -8.62. The molecule has 4 aliphatic heterocycles. The second-order valence-electron chi connectivity index (χ2n) is 23.8. The number of benzene rings is 4. The number of aliphatic hydroxyl groups is 3. The third-order valence-electron chi connectivity index (χ3n) is 12.8. The van der Waals surface area contributed by atoms with Crippen LogP contribution in [0.15, 0.2) is 103 Å². The van der Waals surface area contributed by atoms with E-state index in [-0.39, 0.29) is 73.1 Å². The van der Waals surface area contributed by atoms with Crippen molar-refractivity contribution in [2.24, 2.45) is 17.2 Å². The number of hydrogen-bond donors (Lipinski definition) is 12. The number of nitrogens with zero attached hydrogens (tertiary/aromatic N) is 3. The largest absolute Gasteiger partial charge is 1.00 e. The van der Waals surface area contributed by atoms with Gasteiger partial charge in [0.15, 0.2) is 0 Å². The summed E-state index contributed by atoms with van der Waals surface area (Å²) in [4.78, 5) is 41.6. The van der Waals surface area contributed by atoms with E-state index in [0.717, 1.165) is 130 Å². The summed E-state index contributed by atoms with van der Waals surface area (Å²) in [5.41, 5.74) is 20.1. The summed E-state index contributed by atoms with van der Waals surface area (Å²) in [7, 11) is -21.0. The molecule has 0 aromatic heterocycles. The van der Waals surface area contributed by atoms with Crippen LogP contribution in [0.3, 0.4) is 0 Å². The zero-order valence-electron chi connectivity index (χ0n) is 68.4. The van der Waals surface area contributed by atoms with E-state index < -0.39 is 60.6 Å². The maximum absolute atomic E-state index is 10.7. The smallest absolute Gasteiger partial charge is 0.748 e. The summed E-state index contributed by atoms with van der Waals surface area (Å²) in [6, 6.07) is 32.5. The van der Waals surface area contributed by atoms with Crippen LogP contribution >= 0.6 is 0 Å². The third kappa shape index (κ3) is 108. The second-order valence-corrected chi connectivity index (χ2v) is 32.6. The van der Waals surface area contributed by atoms with E-state index in [4.69, 9.17) is 110 Å². The number of anilines is 2. The first kappa shape index (κ1) is 122. The molecule has 4 heterocycles. The molecule has 40 nitrogen and oxygen atoms in total. The van der Waals surface area contributed by atoms with Crippen LogP contribution in [0.2, 0.25) is 0 Å². The van der Waals surface area contributed by atoms with E-state index in [1.165, 1.54) is 31.2 Å². The minimum atomic E-state index is -3.92. The van der Waals surface area contributed by atoms with Gasteiger partial charge in [-0.15, -0.1) is 0 Å². The van der Waals surface area contributed by atoms with Crippen LogP contribution in [0, 0.1) is 13.8 Å². The molecule has 4 aromatic rings. The van der Waals surface area contributed by atoms with Crippen LogP contribution in [-0.4, -0.2) is 316 Å². The zero-order valence-corrected chi connectivity index (χ0v) is 75.3. The predicted molar refractivity (Wildman–Crippen MR) is 429 cm³/mol. The van der Waals surface area contributed by atoms with Gasteiger partial charge in [-0.3, -0.25) is 51.5 Å². The molecule has 0 spiro atoms. The van der Waals surface area contributed by atoms with Gasteiger partial charge in [0.25, 0.3) is 0 Å². The Balaban J connectivity index is -0.000000223. The fourth-order valence-corrected chi connectivity index (χ4v) is 8.45. The number of quaternary nitrogens is 2. The van der Waals surface area contributed by atoms with Gasteiger partial charge >= 0.3 is 41.5 Å². The summed E-state index contributed by atoms with van der Waals surface area (Å²) < 4.78 is 186. The quantitative estimate of drug-likeness (QED) is 0.0154. The minimum absolute atomic E-state index is 0. The van der Waals surface area contributed by atoms with Crippen molar-refractivity contribution in [3.63, 3.8) is 0 Å². The SMILES string of the molecule is C1COCC[NH2+]1.CC(=O)N1CCCC1=O.CC(=O)N1CCOCC1.CCCCCOc1ccc(OC)cc1.CCN1CCOCC1.CS(=O)(=O)Nc1ccccc1.CS(=O)(=O)[O-].CS(=O)(=O)[O-].CS(=O)(=O)[O-].CS(=O)(=O)[O-].CS(=O)(=O)[O-].Cc1ccccc1NC(N)=[NH+]c1ccccc1C.NC(N)=[NH2+].OCC[NH+](CCO)CCO.[Na+]. The first-order chi connectivity index (χ1) is 52.6. The van der Waals surface area contributed by atoms with E-state index in [9.17, 15) is 22.8 Å². The Labute approximate surface area is 703 Å². The van der Waals surface area contributed by atoms with Crippen LogP contribution in [-0.2, 0) is 89.2 Å².